The van der Waals surface area contributed by atoms with Gasteiger partial charge in [0.2, 0.25) is 6.79 Å². The quantitative estimate of drug-likeness (QED) is 0.890. The summed E-state index contributed by atoms with van der Waals surface area (Å²) < 4.78 is 11.5. The van der Waals surface area contributed by atoms with Crippen LogP contribution in [-0.2, 0) is 6.42 Å². The van der Waals surface area contributed by atoms with Crippen molar-refractivity contribution in [2.24, 2.45) is 5.73 Å². The predicted octanol–water partition coefficient (Wildman–Crippen LogP) is 2.78. The number of halogens is 1. The molecule has 2 atom stereocenters. The topological polar surface area (TPSA) is 64.7 Å². The third kappa shape index (κ3) is 3.05. The Morgan fingerprint density at radius 2 is 1.81 bits per heavy atom. The second-order valence-electron chi connectivity index (χ2n) is 5.01. The summed E-state index contributed by atoms with van der Waals surface area (Å²) in [7, 11) is 0. The molecule has 0 unspecified atom stereocenters. The van der Waals surface area contributed by atoms with Crippen LogP contribution in [0, 0.1) is 0 Å². The smallest absolute Gasteiger partial charge is 0.231 e. The van der Waals surface area contributed by atoms with Crippen LogP contribution in [0.25, 0.3) is 0 Å². The van der Waals surface area contributed by atoms with Gasteiger partial charge in [0.15, 0.2) is 11.5 Å². The summed E-state index contributed by atoms with van der Waals surface area (Å²) in [6.45, 7) is 0.215. The van der Waals surface area contributed by atoms with Gasteiger partial charge in [0.25, 0.3) is 0 Å². The minimum absolute atomic E-state index is 0.215. The number of rotatable bonds is 4. The highest BCUT2D eigenvalue weighted by molar-refractivity contribution is 9.10. The molecule has 3 N–H and O–H groups in total. The Kier molecular flexibility index (Phi) is 4.14. The van der Waals surface area contributed by atoms with Crippen LogP contribution in [0.1, 0.15) is 17.2 Å². The van der Waals surface area contributed by atoms with Crippen LogP contribution in [0.4, 0.5) is 0 Å². The van der Waals surface area contributed by atoms with E-state index in [1.165, 1.54) is 0 Å². The molecule has 21 heavy (non-hydrogen) atoms. The molecule has 1 aliphatic rings. The molecule has 2 aromatic carbocycles. The van der Waals surface area contributed by atoms with E-state index >= 15 is 0 Å². The van der Waals surface area contributed by atoms with Crippen LogP contribution in [0.5, 0.6) is 11.5 Å². The Labute approximate surface area is 131 Å². The Morgan fingerprint density at radius 3 is 2.52 bits per heavy atom. The third-order valence-corrected chi connectivity index (χ3v) is 4.24. The molecule has 1 aliphatic heterocycles. The summed E-state index contributed by atoms with van der Waals surface area (Å²) in [5, 5.41) is 10.4. The molecule has 0 bridgehead atoms. The summed E-state index contributed by atoms with van der Waals surface area (Å²) in [5.74, 6) is 1.35. The molecule has 0 aliphatic carbocycles. The lowest BCUT2D eigenvalue weighted by molar-refractivity contribution is 0.144. The van der Waals surface area contributed by atoms with E-state index in [1.54, 1.807) is 0 Å². The zero-order chi connectivity index (χ0) is 14.8. The van der Waals surface area contributed by atoms with Gasteiger partial charge in [-0.3, -0.25) is 0 Å². The molecule has 0 spiro atoms. The first-order valence-corrected chi connectivity index (χ1v) is 7.51. The first-order valence-electron chi connectivity index (χ1n) is 6.72. The SMILES string of the molecule is N[C@@H](c1cc2c(cc1Br)OCO2)[C@H](O)Cc1ccccc1. The minimum Gasteiger partial charge on any atom is -0.454 e. The summed E-state index contributed by atoms with van der Waals surface area (Å²) in [5.41, 5.74) is 8.07. The number of benzene rings is 2. The van der Waals surface area contributed by atoms with Gasteiger partial charge in [-0.15, -0.1) is 0 Å². The molecule has 0 aromatic heterocycles. The lowest BCUT2D eigenvalue weighted by atomic mass is 9.96. The lowest BCUT2D eigenvalue weighted by Crippen LogP contribution is -2.28. The Hall–Kier alpha value is -1.56. The van der Waals surface area contributed by atoms with Crippen LogP contribution >= 0.6 is 15.9 Å². The number of nitrogens with two attached hydrogens (primary N) is 1. The van der Waals surface area contributed by atoms with Crippen LogP contribution in [-0.4, -0.2) is 18.0 Å². The molecule has 0 fully saturated rings. The molecule has 110 valence electrons. The van der Waals surface area contributed by atoms with E-state index < -0.39 is 12.1 Å². The van der Waals surface area contributed by atoms with Crippen molar-refractivity contribution < 1.29 is 14.6 Å². The van der Waals surface area contributed by atoms with Gasteiger partial charge in [0.1, 0.15) is 0 Å². The van der Waals surface area contributed by atoms with Crippen molar-refractivity contribution >= 4 is 15.9 Å². The largest absolute Gasteiger partial charge is 0.454 e. The number of aliphatic hydroxyl groups is 1. The van der Waals surface area contributed by atoms with Gasteiger partial charge < -0.3 is 20.3 Å². The molecule has 0 amide bonds. The van der Waals surface area contributed by atoms with E-state index in [4.69, 9.17) is 15.2 Å². The highest BCUT2D eigenvalue weighted by Gasteiger charge is 2.23. The monoisotopic (exact) mass is 349 g/mol. The number of aliphatic hydroxyl groups excluding tert-OH is 1. The second kappa shape index (κ2) is 6.05. The average Bonchev–Trinajstić information content (AvgIpc) is 2.93. The zero-order valence-corrected chi connectivity index (χ0v) is 12.9. The molecule has 0 radical (unpaired) electrons. The number of fused-ring (bicyclic) bond motifs is 1. The normalized spacial score (nSPS) is 15.8. The van der Waals surface area contributed by atoms with Crippen molar-refractivity contribution in [3.05, 3.63) is 58.1 Å². The lowest BCUT2D eigenvalue weighted by Gasteiger charge is -2.21. The standard InChI is InChI=1S/C16H16BrNO3/c17-12-8-15-14(20-9-21-15)7-11(12)16(18)13(19)6-10-4-2-1-3-5-10/h1-5,7-8,13,16,19H,6,9,18H2/t13-,16+/m1/s1. The molecule has 5 heteroatoms. The van der Waals surface area contributed by atoms with Gasteiger partial charge in [-0.25, -0.2) is 0 Å². The highest BCUT2D eigenvalue weighted by atomic mass is 79.9. The summed E-state index contributed by atoms with van der Waals surface area (Å²) in [6.07, 6.45) is -0.174. The van der Waals surface area contributed by atoms with Crippen LogP contribution in [0.2, 0.25) is 0 Å². The van der Waals surface area contributed by atoms with Gasteiger partial charge in [0, 0.05) is 10.9 Å². The highest BCUT2D eigenvalue weighted by Crippen LogP contribution is 2.39. The molecule has 4 nitrogen and oxygen atoms in total. The molecule has 0 saturated heterocycles. The fourth-order valence-corrected chi connectivity index (χ4v) is 2.96. The Morgan fingerprint density at radius 1 is 1.14 bits per heavy atom. The van der Waals surface area contributed by atoms with E-state index in [-0.39, 0.29) is 6.79 Å². The van der Waals surface area contributed by atoms with E-state index in [1.807, 2.05) is 42.5 Å². The summed E-state index contributed by atoms with van der Waals surface area (Å²) >= 11 is 3.48. The van der Waals surface area contributed by atoms with Crippen molar-refractivity contribution in [1.82, 2.24) is 0 Å². The number of hydrogen-bond donors (Lipinski definition) is 2. The number of hydrogen-bond acceptors (Lipinski definition) is 4. The Balaban J connectivity index is 1.80. The maximum Gasteiger partial charge on any atom is 0.231 e. The van der Waals surface area contributed by atoms with Gasteiger partial charge in [-0.05, 0) is 23.3 Å². The maximum atomic E-state index is 10.4. The van der Waals surface area contributed by atoms with Crippen molar-refractivity contribution in [2.75, 3.05) is 6.79 Å². The molecular weight excluding hydrogens is 334 g/mol. The van der Waals surface area contributed by atoms with Crippen molar-refractivity contribution in [3.63, 3.8) is 0 Å². The van der Waals surface area contributed by atoms with Gasteiger partial charge in [0.05, 0.1) is 12.1 Å². The van der Waals surface area contributed by atoms with Gasteiger partial charge in [-0.1, -0.05) is 46.3 Å². The van der Waals surface area contributed by atoms with Crippen molar-refractivity contribution in [3.8, 4) is 11.5 Å². The molecular formula is C16H16BrNO3. The van der Waals surface area contributed by atoms with Crippen LogP contribution in [0.15, 0.2) is 46.9 Å². The fourth-order valence-electron chi connectivity index (χ4n) is 2.38. The van der Waals surface area contributed by atoms with Crippen molar-refractivity contribution in [1.29, 1.82) is 0 Å². The Bertz CT molecular complexity index is 633. The second-order valence-corrected chi connectivity index (χ2v) is 5.86. The predicted molar refractivity (Wildman–Crippen MR) is 83.3 cm³/mol. The van der Waals surface area contributed by atoms with Gasteiger partial charge in [-0.2, -0.15) is 0 Å². The van der Waals surface area contributed by atoms with Crippen molar-refractivity contribution in [2.45, 2.75) is 18.6 Å². The molecule has 1 heterocycles. The first-order chi connectivity index (χ1) is 10.1. The summed E-state index contributed by atoms with van der Waals surface area (Å²) in [6, 6.07) is 12.9. The van der Waals surface area contributed by atoms with E-state index in [0.717, 1.165) is 15.6 Å². The maximum absolute atomic E-state index is 10.4. The van der Waals surface area contributed by atoms with E-state index in [9.17, 15) is 5.11 Å². The van der Waals surface area contributed by atoms with E-state index in [0.29, 0.717) is 17.9 Å². The van der Waals surface area contributed by atoms with E-state index in [2.05, 4.69) is 15.9 Å². The van der Waals surface area contributed by atoms with Crippen LogP contribution < -0.4 is 15.2 Å². The van der Waals surface area contributed by atoms with Crippen LogP contribution in [0.3, 0.4) is 0 Å². The zero-order valence-electron chi connectivity index (χ0n) is 11.3. The fraction of sp³-hybridized carbons (Fsp3) is 0.250. The average molecular weight is 350 g/mol. The number of ether oxygens (including phenoxy) is 2. The molecule has 3 rings (SSSR count). The first kappa shape index (κ1) is 14.4. The summed E-state index contributed by atoms with van der Waals surface area (Å²) in [4.78, 5) is 0. The minimum atomic E-state index is -0.677. The third-order valence-electron chi connectivity index (χ3n) is 3.55. The molecule has 0 saturated carbocycles. The van der Waals surface area contributed by atoms with Gasteiger partial charge >= 0.3 is 0 Å². The molecule has 2 aromatic rings.